The van der Waals surface area contributed by atoms with Gasteiger partial charge in [-0.2, -0.15) is 9.36 Å². The monoisotopic (exact) mass is 240 g/mol. The van der Waals surface area contributed by atoms with E-state index in [1.165, 1.54) is 18.0 Å². The fourth-order valence-electron chi connectivity index (χ4n) is 1.13. The summed E-state index contributed by atoms with van der Waals surface area (Å²) in [5, 5.41) is 7.35. The normalized spacial score (nSPS) is 12.0. The Bertz CT molecular complexity index is 478. The van der Waals surface area contributed by atoms with Crippen molar-refractivity contribution in [2.75, 3.05) is 7.11 Å². The highest BCUT2D eigenvalue weighted by molar-refractivity contribution is 5.84. The molecule has 0 unspecified atom stereocenters. The van der Waals surface area contributed by atoms with Gasteiger partial charge in [-0.25, -0.2) is 9.59 Å². The third kappa shape index (κ3) is 3.86. The van der Waals surface area contributed by atoms with Crippen LogP contribution in [0.1, 0.15) is 20.8 Å². The molecule has 0 aliphatic rings. The Morgan fingerprint density at radius 2 is 2.06 bits per heavy atom. The highest BCUT2D eigenvalue weighted by Crippen LogP contribution is 2.13. The van der Waals surface area contributed by atoms with E-state index < -0.39 is 5.97 Å². The molecule has 0 amide bonds. The number of hydrogen-bond acceptors (Lipinski definition) is 5. The topological polar surface area (TPSA) is 79.0 Å². The standard InChI is InChI=1S/C10H16N4O3/c1-10(2,3)7-14-9(16)13(11-12-14)6-5-8(15)17-4/h5-6H,7H2,1-4H3/b6-5+. The van der Waals surface area contributed by atoms with Gasteiger partial charge in [0.2, 0.25) is 0 Å². The molecule has 0 aliphatic heterocycles. The number of nitrogens with zero attached hydrogens (tertiary/aromatic N) is 4. The lowest BCUT2D eigenvalue weighted by atomic mass is 9.97. The van der Waals surface area contributed by atoms with Crippen molar-refractivity contribution in [2.24, 2.45) is 5.41 Å². The molecule has 0 bridgehead atoms. The van der Waals surface area contributed by atoms with E-state index >= 15 is 0 Å². The lowest BCUT2D eigenvalue weighted by Gasteiger charge is -2.15. The summed E-state index contributed by atoms with van der Waals surface area (Å²) in [5.41, 5.74) is -0.461. The smallest absolute Gasteiger partial charge is 0.367 e. The van der Waals surface area contributed by atoms with Crippen molar-refractivity contribution in [1.82, 2.24) is 19.8 Å². The Morgan fingerprint density at radius 3 is 2.59 bits per heavy atom. The number of carbonyl (C=O) groups excluding carboxylic acids is 1. The molecule has 0 spiro atoms. The molecule has 0 saturated heterocycles. The third-order valence-corrected chi connectivity index (χ3v) is 1.84. The Balaban J connectivity index is 2.89. The minimum Gasteiger partial charge on any atom is -0.466 e. The molecule has 7 heteroatoms. The largest absolute Gasteiger partial charge is 0.466 e. The summed E-state index contributed by atoms with van der Waals surface area (Å²) in [4.78, 5) is 22.6. The van der Waals surface area contributed by atoms with Crippen LogP contribution in [0.5, 0.6) is 0 Å². The fourth-order valence-corrected chi connectivity index (χ4v) is 1.13. The molecule has 0 N–H and O–H groups in total. The summed E-state index contributed by atoms with van der Waals surface area (Å²) in [6, 6.07) is 0. The molecule has 0 atom stereocenters. The summed E-state index contributed by atoms with van der Waals surface area (Å²) in [5.74, 6) is -0.553. The van der Waals surface area contributed by atoms with E-state index in [-0.39, 0.29) is 11.1 Å². The minimum atomic E-state index is -0.553. The second-order valence-electron chi connectivity index (χ2n) is 4.76. The zero-order chi connectivity index (χ0) is 13.1. The lowest BCUT2D eigenvalue weighted by Crippen LogP contribution is -2.28. The maximum Gasteiger partial charge on any atom is 0.367 e. The van der Waals surface area contributed by atoms with Gasteiger partial charge in [-0.3, -0.25) is 0 Å². The number of methoxy groups -OCH3 is 1. The van der Waals surface area contributed by atoms with Gasteiger partial charge in [-0.15, -0.1) is 0 Å². The Kier molecular flexibility index (Phi) is 3.82. The Hall–Kier alpha value is -1.92. The Labute approximate surface area is 98.7 Å². The first-order chi connectivity index (χ1) is 7.83. The molecule has 94 valence electrons. The van der Waals surface area contributed by atoms with E-state index in [1.54, 1.807) is 0 Å². The first-order valence-electron chi connectivity index (χ1n) is 5.12. The summed E-state index contributed by atoms with van der Waals surface area (Å²) >= 11 is 0. The summed E-state index contributed by atoms with van der Waals surface area (Å²) in [6.45, 7) is 6.42. The number of tetrazole rings is 1. The maximum atomic E-state index is 11.7. The van der Waals surface area contributed by atoms with Crippen LogP contribution in [0.3, 0.4) is 0 Å². The molecular weight excluding hydrogens is 224 g/mol. The average molecular weight is 240 g/mol. The van der Waals surface area contributed by atoms with Gasteiger partial charge in [0.05, 0.1) is 13.7 Å². The van der Waals surface area contributed by atoms with Crippen LogP contribution >= 0.6 is 0 Å². The summed E-state index contributed by atoms with van der Waals surface area (Å²) in [6.07, 6.45) is 2.33. The van der Waals surface area contributed by atoms with Crippen LogP contribution in [-0.2, 0) is 16.1 Å². The van der Waals surface area contributed by atoms with Crippen LogP contribution in [-0.4, -0.2) is 32.9 Å². The zero-order valence-corrected chi connectivity index (χ0v) is 10.4. The molecule has 0 saturated carbocycles. The van der Waals surface area contributed by atoms with E-state index in [2.05, 4.69) is 15.2 Å². The van der Waals surface area contributed by atoms with Crippen molar-refractivity contribution in [2.45, 2.75) is 27.3 Å². The Morgan fingerprint density at radius 1 is 1.41 bits per heavy atom. The van der Waals surface area contributed by atoms with Crippen LogP contribution in [0.15, 0.2) is 10.9 Å². The van der Waals surface area contributed by atoms with Crippen molar-refractivity contribution >= 4 is 12.2 Å². The number of carbonyl (C=O) groups is 1. The lowest BCUT2D eigenvalue weighted by molar-refractivity contribution is -0.134. The summed E-state index contributed by atoms with van der Waals surface area (Å²) in [7, 11) is 1.26. The minimum absolute atomic E-state index is 0.0727. The van der Waals surface area contributed by atoms with Gasteiger partial charge >= 0.3 is 11.7 Å². The second-order valence-corrected chi connectivity index (χ2v) is 4.76. The van der Waals surface area contributed by atoms with Crippen LogP contribution in [0.2, 0.25) is 0 Å². The third-order valence-electron chi connectivity index (χ3n) is 1.84. The molecule has 1 aromatic heterocycles. The van der Waals surface area contributed by atoms with Crippen LogP contribution in [0, 0.1) is 5.41 Å². The van der Waals surface area contributed by atoms with Gasteiger partial charge in [0, 0.05) is 12.3 Å². The number of rotatable bonds is 3. The predicted molar refractivity (Wildman–Crippen MR) is 61.1 cm³/mol. The molecule has 7 nitrogen and oxygen atoms in total. The van der Waals surface area contributed by atoms with E-state index in [0.29, 0.717) is 6.54 Å². The second kappa shape index (κ2) is 4.94. The molecule has 1 heterocycles. The first-order valence-corrected chi connectivity index (χ1v) is 5.12. The zero-order valence-electron chi connectivity index (χ0n) is 10.4. The quantitative estimate of drug-likeness (QED) is 0.554. The van der Waals surface area contributed by atoms with E-state index in [4.69, 9.17) is 0 Å². The molecule has 1 rings (SSSR count). The maximum absolute atomic E-state index is 11.7. The predicted octanol–water partition coefficient (Wildman–Crippen LogP) is 0.130. The van der Waals surface area contributed by atoms with Gasteiger partial charge in [-0.05, 0) is 15.8 Å². The van der Waals surface area contributed by atoms with Crippen LogP contribution in [0.25, 0.3) is 6.20 Å². The van der Waals surface area contributed by atoms with Gasteiger partial charge in [0.1, 0.15) is 0 Å². The number of esters is 1. The number of aromatic nitrogens is 4. The summed E-state index contributed by atoms with van der Waals surface area (Å²) < 4.78 is 6.64. The average Bonchev–Trinajstić information content (AvgIpc) is 2.55. The van der Waals surface area contributed by atoms with E-state index in [0.717, 1.165) is 10.8 Å². The molecule has 0 fully saturated rings. The van der Waals surface area contributed by atoms with Crippen molar-refractivity contribution in [3.63, 3.8) is 0 Å². The van der Waals surface area contributed by atoms with E-state index in [1.807, 2.05) is 20.8 Å². The van der Waals surface area contributed by atoms with Crippen molar-refractivity contribution in [1.29, 1.82) is 0 Å². The molecular formula is C10H16N4O3. The van der Waals surface area contributed by atoms with Crippen LogP contribution < -0.4 is 5.69 Å². The van der Waals surface area contributed by atoms with E-state index in [9.17, 15) is 9.59 Å². The van der Waals surface area contributed by atoms with Gasteiger partial charge in [-0.1, -0.05) is 20.8 Å². The van der Waals surface area contributed by atoms with Gasteiger partial charge in [0.15, 0.2) is 0 Å². The molecule has 1 aromatic rings. The molecule has 17 heavy (non-hydrogen) atoms. The number of hydrogen-bond donors (Lipinski definition) is 0. The van der Waals surface area contributed by atoms with Crippen LogP contribution in [0.4, 0.5) is 0 Å². The van der Waals surface area contributed by atoms with Gasteiger partial charge < -0.3 is 4.74 Å². The first kappa shape index (κ1) is 13.1. The molecule has 0 aliphatic carbocycles. The highest BCUT2D eigenvalue weighted by atomic mass is 16.5. The molecule has 0 aromatic carbocycles. The fraction of sp³-hybridized carbons (Fsp3) is 0.600. The SMILES string of the molecule is COC(=O)/C=C/n1nnn(CC(C)(C)C)c1=O. The van der Waals surface area contributed by atoms with Crippen molar-refractivity contribution < 1.29 is 9.53 Å². The van der Waals surface area contributed by atoms with Gasteiger partial charge in [0.25, 0.3) is 0 Å². The van der Waals surface area contributed by atoms with Crippen molar-refractivity contribution in [3.8, 4) is 0 Å². The number of ether oxygens (including phenoxy) is 1. The van der Waals surface area contributed by atoms with Crippen molar-refractivity contribution in [3.05, 3.63) is 16.6 Å². The highest BCUT2D eigenvalue weighted by Gasteiger charge is 2.15. The molecule has 0 radical (unpaired) electrons.